The molecule has 4 aromatic rings. The number of benzene rings is 3. The molecule has 1 atom stereocenters. The Bertz CT molecular complexity index is 1310. The first-order valence-electron chi connectivity index (χ1n) is 11.6. The number of methoxy groups -OCH3 is 2. The van der Waals surface area contributed by atoms with Gasteiger partial charge in [0.25, 0.3) is 0 Å². The maximum atomic E-state index is 12.3. The first-order valence-corrected chi connectivity index (χ1v) is 11.6. The number of rotatable bonds is 7. The predicted molar refractivity (Wildman–Crippen MR) is 139 cm³/mol. The van der Waals surface area contributed by atoms with Crippen LogP contribution in [0.3, 0.4) is 0 Å². The molecule has 178 valence electrons. The van der Waals surface area contributed by atoms with Crippen LogP contribution in [-0.2, 0) is 6.54 Å². The molecule has 0 saturated carbocycles. The third kappa shape index (κ3) is 5.49. The van der Waals surface area contributed by atoms with E-state index in [2.05, 4.69) is 18.3 Å². The van der Waals surface area contributed by atoms with Crippen molar-refractivity contribution in [1.29, 1.82) is 0 Å². The summed E-state index contributed by atoms with van der Waals surface area (Å²) in [6.45, 7) is 8.75. The fourth-order valence-corrected chi connectivity index (χ4v) is 3.93. The highest BCUT2D eigenvalue weighted by Crippen LogP contribution is 2.31. The van der Waals surface area contributed by atoms with Gasteiger partial charge in [0, 0.05) is 41.2 Å². The van der Waals surface area contributed by atoms with E-state index in [0.717, 1.165) is 44.7 Å². The minimum absolute atomic E-state index is 0.0404. The van der Waals surface area contributed by atoms with Gasteiger partial charge in [0.1, 0.15) is 17.1 Å². The van der Waals surface area contributed by atoms with Crippen LogP contribution in [0.1, 0.15) is 43.5 Å². The first-order chi connectivity index (χ1) is 16.5. The van der Waals surface area contributed by atoms with Gasteiger partial charge in [-0.15, -0.1) is 0 Å². The summed E-state index contributed by atoms with van der Waals surface area (Å²) in [4.78, 5) is 12.3. The average molecular weight is 460 g/mol. The zero-order valence-electron chi connectivity index (χ0n) is 20.8. The van der Waals surface area contributed by atoms with Gasteiger partial charge >= 0.3 is 5.63 Å². The van der Waals surface area contributed by atoms with Crippen molar-refractivity contribution in [3.05, 3.63) is 93.8 Å². The molecular formula is C29H33NO4. The quantitative estimate of drug-likeness (QED) is 0.313. The fraction of sp³-hybridized carbons (Fsp3) is 0.276. The Kier molecular flexibility index (Phi) is 8.50. The van der Waals surface area contributed by atoms with Crippen molar-refractivity contribution in [3.63, 3.8) is 0 Å². The summed E-state index contributed by atoms with van der Waals surface area (Å²) in [6.07, 6.45) is 0. The van der Waals surface area contributed by atoms with E-state index >= 15 is 0 Å². The van der Waals surface area contributed by atoms with E-state index in [1.807, 2.05) is 75.4 Å². The molecular weight excluding hydrogens is 426 g/mol. The number of fused-ring (bicyclic) bond motifs is 1. The summed E-state index contributed by atoms with van der Waals surface area (Å²) in [7, 11) is 3.29. The lowest BCUT2D eigenvalue weighted by atomic mass is 9.96. The molecule has 5 nitrogen and oxygen atoms in total. The molecule has 0 bridgehead atoms. The van der Waals surface area contributed by atoms with Gasteiger partial charge in [-0.05, 0) is 42.7 Å². The van der Waals surface area contributed by atoms with E-state index in [0.29, 0.717) is 12.1 Å². The molecule has 5 heteroatoms. The van der Waals surface area contributed by atoms with Crippen molar-refractivity contribution in [3.8, 4) is 22.6 Å². The van der Waals surface area contributed by atoms with Crippen molar-refractivity contribution >= 4 is 11.0 Å². The van der Waals surface area contributed by atoms with E-state index < -0.39 is 0 Å². The van der Waals surface area contributed by atoms with Gasteiger partial charge in [0.15, 0.2) is 0 Å². The Morgan fingerprint density at radius 2 is 1.68 bits per heavy atom. The highest BCUT2D eigenvalue weighted by atomic mass is 16.5. The smallest absolute Gasteiger partial charge is 0.336 e. The maximum Gasteiger partial charge on any atom is 0.336 e. The maximum absolute atomic E-state index is 12.3. The summed E-state index contributed by atoms with van der Waals surface area (Å²) in [5.41, 5.74) is 5.36. The van der Waals surface area contributed by atoms with Gasteiger partial charge in [-0.2, -0.15) is 0 Å². The molecule has 0 aliphatic carbocycles. The average Bonchev–Trinajstić information content (AvgIpc) is 2.87. The first kappa shape index (κ1) is 25.1. The topological polar surface area (TPSA) is 60.7 Å². The largest absolute Gasteiger partial charge is 0.497 e. The molecule has 4 rings (SSSR count). The Morgan fingerprint density at radius 1 is 0.912 bits per heavy atom. The summed E-state index contributed by atoms with van der Waals surface area (Å²) >= 11 is 0. The molecule has 0 fully saturated rings. The molecule has 34 heavy (non-hydrogen) atoms. The minimum atomic E-state index is -0.350. The molecule has 0 amide bonds. The van der Waals surface area contributed by atoms with Gasteiger partial charge in [-0.1, -0.05) is 56.3 Å². The lowest BCUT2D eigenvalue weighted by molar-refractivity contribution is 0.389. The lowest BCUT2D eigenvalue weighted by Gasteiger charge is -2.17. The molecule has 1 heterocycles. The van der Waals surface area contributed by atoms with Gasteiger partial charge in [0.05, 0.1) is 14.2 Å². The molecule has 0 radical (unpaired) electrons. The fourth-order valence-electron chi connectivity index (χ4n) is 3.93. The number of hydrogen-bond donors (Lipinski definition) is 1. The minimum Gasteiger partial charge on any atom is -0.497 e. The van der Waals surface area contributed by atoms with Crippen LogP contribution in [0.2, 0.25) is 0 Å². The van der Waals surface area contributed by atoms with E-state index in [4.69, 9.17) is 13.9 Å². The summed E-state index contributed by atoms with van der Waals surface area (Å²) < 4.78 is 16.3. The Hall–Kier alpha value is -3.57. The van der Waals surface area contributed by atoms with Crippen LogP contribution in [0.15, 0.2) is 75.9 Å². The second-order valence-corrected chi connectivity index (χ2v) is 7.83. The highest BCUT2D eigenvalue weighted by molar-refractivity contribution is 5.94. The number of ether oxygens (including phenoxy) is 2. The van der Waals surface area contributed by atoms with Crippen LogP contribution in [-0.4, -0.2) is 14.2 Å². The van der Waals surface area contributed by atoms with E-state index in [1.54, 1.807) is 20.3 Å². The Balaban J connectivity index is 0.00000158. The summed E-state index contributed by atoms with van der Waals surface area (Å²) in [5.74, 6) is 1.53. The predicted octanol–water partition coefficient (Wildman–Crippen LogP) is 6.66. The molecule has 1 aromatic heterocycles. The second kappa shape index (κ2) is 11.5. The third-order valence-electron chi connectivity index (χ3n) is 5.80. The highest BCUT2D eigenvalue weighted by Gasteiger charge is 2.13. The van der Waals surface area contributed by atoms with E-state index in [-0.39, 0.29) is 11.7 Å². The molecule has 1 N–H and O–H groups in total. The SMILES string of the molecule is CC.COc1ccc(CNC(C)c2ccc3c(-c4ccccc4C)cc(=O)oc3c2)c(OC)c1. The van der Waals surface area contributed by atoms with Gasteiger partial charge < -0.3 is 19.2 Å². The third-order valence-corrected chi connectivity index (χ3v) is 5.80. The van der Waals surface area contributed by atoms with E-state index in [9.17, 15) is 4.79 Å². The molecule has 0 spiro atoms. The number of nitrogens with one attached hydrogen (secondary N) is 1. The van der Waals surface area contributed by atoms with Crippen molar-refractivity contribution in [1.82, 2.24) is 5.32 Å². The molecule has 0 aliphatic heterocycles. The van der Waals surface area contributed by atoms with Crippen LogP contribution >= 0.6 is 0 Å². The summed E-state index contributed by atoms with van der Waals surface area (Å²) in [5, 5.41) is 4.44. The summed E-state index contributed by atoms with van der Waals surface area (Å²) in [6, 6.07) is 21.5. The molecule has 0 aliphatic rings. The molecule has 0 saturated heterocycles. The van der Waals surface area contributed by atoms with E-state index in [1.165, 1.54) is 0 Å². The Morgan fingerprint density at radius 3 is 2.38 bits per heavy atom. The zero-order valence-corrected chi connectivity index (χ0v) is 20.8. The van der Waals surface area contributed by atoms with Crippen molar-refractivity contribution < 1.29 is 13.9 Å². The van der Waals surface area contributed by atoms with Crippen LogP contribution in [0.4, 0.5) is 0 Å². The van der Waals surface area contributed by atoms with Crippen LogP contribution in [0, 0.1) is 6.92 Å². The van der Waals surface area contributed by atoms with Gasteiger partial charge in [0.2, 0.25) is 0 Å². The van der Waals surface area contributed by atoms with Crippen LogP contribution in [0.25, 0.3) is 22.1 Å². The van der Waals surface area contributed by atoms with Crippen LogP contribution < -0.4 is 20.4 Å². The normalized spacial score (nSPS) is 11.5. The number of aryl methyl sites for hydroxylation is 1. The number of hydrogen-bond acceptors (Lipinski definition) is 5. The monoisotopic (exact) mass is 459 g/mol. The van der Waals surface area contributed by atoms with Gasteiger partial charge in [-0.3, -0.25) is 0 Å². The zero-order chi connectivity index (χ0) is 24.7. The van der Waals surface area contributed by atoms with Crippen molar-refractivity contribution in [2.75, 3.05) is 14.2 Å². The second-order valence-electron chi connectivity index (χ2n) is 7.83. The molecule has 1 unspecified atom stereocenters. The standard InChI is InChI=1S/C27H27NO4.C2H6/c1-17-7-5-6-8-22(17)24-15-27(29)32-26-13-19(10-12-23(24)26)18(2)28-16-20-9-11-21(30-3)14-25(20)31-4;1-2/h5-15,18,28H,16H2,1-4H3;1-2H3. The lowest BCUT2D eigenvalue weighted by Crippen LogP contribution is -2.18. The van der Waals surface area contributed by atoms with Crippen LogP contribution in [0.5, 0.6) is 11.5 Å². The van der Waals surface area contributed by atoms with Crippen molar-refractivity contribution in [2.24, 2.45) is 0 Å². The van der Waals surface area contributed by atoms with Crippen molar-refractivity contribution in [2.45, 2.75) is 40.3 Å². The van der Waals surface area contributed by atoms with Gasteiger partial charge in [-0.25, -0.2) is 4.79 Å². The molecule has 3 aromatic carbocycles. The Labute approximate surface area is 201 Å².